The van der Waals surface area contributed by atoms with Crippen LogP contribution in [0.25, 0.3) is 185 Å². The first-order valence-electron chi connectivity index (χ1n) is 44.1. The number of nitrogens with zero attached hydrogens (tertiary/aromatic N) is 2. The molecule has 0 amide bonds. The van der Waals surface area contributed by atoms with Gasteiger partial charge in [-0.05, 0) is 165 Å². The summed E-state index contributed by atoms with van der Waals surface area (Å²) in [5.41, 5.74) is 11.3. The van der Waals surface area contributed by atoms with Crippen molar-refractivity contribution in [3.05, 3.63) is 479 Å². The second-order valence-electron chi connectivity index (χ2n) is 33.8. The van der Waals surface area contributed by atoms with Crippen LogP contribution in [0.3, 0.4) is 0 Å². The maximum Gasteiger partial charge on any atom is 0.188 e. The molecule has 26 rings (SSSR count). The van der Waals surface area contributed by atoms with Gasteiger partial charge in [0, 0.05) is 81.3 Å². The molecule has 0 aliphatic heterocycles. The molecular formula is C122H79N2O3P3. The monoisotopic (exact) mass is 1710 g/mol. The van der Waals surface area contributed by atoms with Gasteiger partial charge in [0.2, 0.25) is 0 Å². The average molecular weight is 1710 g/mol. The third-order valence-corrected chi connectivity index (χ3v) is 35.7. The van der Waals surface area contributed by atoms with E-state index < -0.39 is 21.4 Å². The van der Waals surface area contributed by atoms with Crippen molar-refractivity contribution in [3.63, 3.8) is 0 Å². The molecule has 0 unspecified atom stereocenters. The molecule has 0 aliphatic carbocycles. The predicted octanol–water partition coefficient (Wildman–Crippen LogP) is 28.7. The van der Waals surface area contributed by atoms with Gasteiger partial charge in [-0.25, -0.2) is 4.98 Å². The quantitative estimate of drug-likeness (QED) is 0.0653. The van der Waals surface area contributed by atoms with Crippen LogP contribution in [0.2, 0.25) is 0 Å². The molecule has 130 heavy (non-hydrogen) atoms. The van der Waals surface area contributed by atoms with E-state index in [0.29, 0.717) is 5.44 Å². The third kappa shape index (κ3) is 12.9. The van der Waals surface area contributed by atoms with Crippen LogP contribution in [-0.2, 0) is 13.7 Å². The first kappa shape index (κ1) is 78.0. The van der Waals surface area contributed by atoms with E-state index in [1.807, 2.05) is 176 Å². The first-order chi connectivity index (χ1) is 64.1. The molecule has 0 bridgehead atoms. The summed E-state index contributed by atoms with van der Waals surface area (Å²) >= 11 is 0. The summed E-state index contributed by atoms with van der Waals surface area (Å²) in [6, 6.07) is 163. The van der Waals surface area contributed by atoms with Crippen molar-refractivity contribution in [2.75, 3.05) is 0 Å². The van der Waals surface area contributed by atoms with Crippen molar-refractivity contribution in [2.45, 2.75) is 0 Å². The van der Waals surface area contributed by atoms with Gasteiger partial charge in [0.25, 0.3) is 0 Å². The molecule has 0 atom stereocenters. The van der Waals surface area contributed by atoms with Gasteiger partial charge >= 0.3 is 0 Å². The molecule has 0 radical (unpaired) electrons. The number of fused-ring (bicyclic) bond motifs is 6. The van der Waals surface area contributed by atoms with Crippen molar-refractivity contribution < 1.29 is 13.7 Å². The topological polar surface area (TPSA) is 77.0 Å². The minimum absolute atomic E-state index is 0.598. The maximum atomic E-state index is 16.1. The summed E-state index contributed by atoms with van der Waals surface area (Å²) in [7, 11) is -9.54. The molecule has 26 aromatic rings. The minimum atomic E-state index is -3.31. The summed E-state index contributed by atoms with van der Waals surface area (Å²) in [5, 5.41) is 35.9. The van der Waals surface area contributed by atoms with E-state index in [1.165, 1.54) is 97.0 Å². The van der Waals surface area contributed by atoms with Crippen LogP contribution in [-0.4, -0.2) is 9.97 Å². The van der Waals surface area contributed by atoms with Gasteiger partial charge < -0.3 is 13.7 Å². The lowest BCUT2D eigenvalue weighted by Crippen LogP contribution is -2.26. The highest BCUT2D eigenvalue weighted by Gasteiger charge is 2.35. The van der Waals surface area contributed by atoms with Crippen LogP contribution in [0.5, 0.6) is 0 Å². The van der Waals surface area contributed by atoms with Crippen LogP contribution in [0.1, 0.15) is 0 Å². The van der Waals surface area contributed by atoms with Crippen LogP contribution < -0.4 is 47.9 Å². The van der Waals surface area contributed by atoms with Gasteiger partial charge in [-0.3, -0.25) is 4.98 Å². The second kappa shape index (κ2) is 31.8. The maximum absolute atomic E-state index is 16.1. The Morgan fingerprint density at radius 3 is 0.792 bits per heavy atom. The molecule has 0 fully saturated rings. The fourth-order valence-corrected chi connectivity index (χ4v) is 28.4. The number of benzene rings is 24. The van der Waals surface area contributed by atoms with Gasteiger partial charge in [0.15, 0.2) is 21.4 Å². The molecule has 24 aromatic carbocycles. The largest absolute Gasteiger partial charge is 0.309 e. The molecule has 0 aliphatic rings. The van der Waals surface area contributed by atoms with Crippen molar-refractivity contribution in [1.29, 1.82) is 0 Å². The highest BCUT2D eigenvalue weighted by Crippen LogP contribution is 2.51. The Kier molecular flexibility index (Phi) is 19.1. The molecule has 0 N–H and O–H groups in total. The van der Waals surface area contributed by atoms with E-state index in [2.05, 4.69) is 303 Å². The molecular weight excluding hydrogens is 1630 g/mol. The van der Waals surface area contributed by atoms with E-state index >= 15 is 9.13 Å². The van der Waals surface area contributed by atoms with E-state index in [0.717, 1.165) is 130 Å². The fraction of sp³-hybridized carbons (Fsp3) is 0. The fourth-order valence-electron chi connectivity index (χ4n) is 20.5. The number of pyridine rings is 2. The standard InChI is InChI=1S/C50H31OP.C39H26NOP.C33H22NOP/c51-52(40-14-2-1-3-15-40,41-16-6-12-38(30-41)43-26-22-36-20-18-32-8-4-10-34-24-28-45(43)49(36)47(32)34)42-17-7-13-39(31-42)44-27-23-37-21-19-33-9-5-11-35-25-29-46(44)50(37)48(33)35;41-42(30-15-3-1-4-16-30,31-17-5-2-6-18-31)32-19-11-14-29(26-32)37-35-24-22-27-12-7-9-20-33(27)38(35)40-39-34-21-10-8-13-28(34)23-25-36(37)39;35-36(27-10-3-1-4-11-27,28-12-5-2-6-13-28)31-21-18-26(22-34-31)29-19-16-25-15-14-23-8-7-9-24-17-20-30(29)33(25)32(23)24/h1-31H;1-26H;1-22H. The molecule has 2 heterocycles. The summed E-state index contributed by atoms with van der Waals surface area (Å²) in [5.74, 6) is 0. The van der Waals surface area contributed by atoms with E-state index in [-0.39, 0.29) is 0 Å². The third-order valence-electron chi connectivity index (χ3n) is 26.7. The van der Waals surface area contributed by atoms with Crippen molar-refractivity contribution in [2.24, 2.45) is 0 Å². The molecule has 0 saturated carbocycles. The second-order valence-corrected chi connectivity index (χ2v) is 42.1. The number of aromatic nitrogens is 2. The van der Waals surface area contributed by atoms with E-state index in [1.54, 1.807) is 0 Å². The molecule has 0 spiro atoms. The molecule has 2 aromatic heterocycles. The summed E-state index contributed by atoms with van der Waals surface area (Å²) < 4.78 is 46.0. The predicted molar refractivity (Wildman–Crippen MR) is 556 cm³/mol. The lowest BCUT2D eigenvalue weighted by atomic mass is 9.90. The zero-order chi connectivity index (χ0) is 86.6. The van der Waals surface area contributed by atoms with Gasteiger partial charge in [-0.2, -0.15) is 0 Å². The molecule has 0 saturated heterocycles. The Morgan fingerprint density at radius 1 is 0.169 bits per heavy atom. The van der Waals surface area contributed by atoms with Crippen LogP contribution in [0, 0.1) is 0 Å². The van der Waals surface area contributed by atoms with Gasteiger partial charge in [-0.15, -0.1) is 0 Å². The first-order valence-corrected chi connectivity index (χ1v) is 49.2. The van der Waals surface area contributed by atoms with Crippen LogP contribution >= 0.6 is 21.4 Å². The summed E-state index contributed by atoms with van der Waals surface area (Å²) in [6.45, 7) is 0. The van der Waals surface area contributed by atoms with E-state index in [9.17, 15) is 4.57 Å². The molecule has 5 nitrogen and oxygen atoms in total. The minimum Gasteiger partial charge on any atom is -0.309 e. The smallest absolute Gasteiger partial charge is 0.188 e. The zero-order valence-electron chi connectivity index (χ0n) is 70.6. The SMILES string of the molecule is O=P(c1ccccc1)(c1cccc(-c2ccc3ccc4cccc5ccc2c3c45)c1)c1cccc(-c2ccc3ccc4cccc5ccc2c3c45)c1.O=P(c1ccccc1)(c1ccccc1)c1ccc(-c2ccc3ccc4cccc5ccc2c3c45)cn1.O=P(c1ccccc1)(c1ccccc1)c1cccc(-c2c3ccc4ccccc4c3nc3c2ccc2ccccc23)c1. The Morgan fingerprint density at radius 2 is 0.431 bits per heavy atom. The number of hydrogen-bond donors (Lipinski definition) is 0. The Balaban J connectivity index is 0.000000110. The van der Waals surface area contributed by atoms with Crippen molar-refractivity contribution in [1.82, 2.24) is 9.97 Å². The Hall–Kier alpha value is -15.6. The zero-order valence-corrected chi connectivity index (χ0v) is 73.3. The molecule has 610 valence electrons. The van der Waals surface area contributed by atoms with Gasteiger partial charge in [0.05, 0.1) is 11.0 Å². The lowest BCUT2D eigenvalue weighted by Gasteiger charge is -2.22. The summed E-state index contributed by atoms with van der Waals surface area (Å²) in [4.78, 5) is 10.2. The van der Waals surface area contributed by atoms with Gasteiger partial charge in [0.1, 0.15) is 5.44 Å². The highest BCUT2D eigenvalue weighted by molar-refractivity contribution is 7.86. The van der Waals surface area contributed by atoms with E-state index in [4.69, 9.17) is 9.97 Å². The number of hydrogen-bond acceptors (Lipinski definition) is 5. The Bertz CT molecular complexity index is 8660. The summed E-state index contributed by atoms with van der Waals surface area (Å²) in [6.07, 6.45) is 1.88. The molecule has 8 heteroatoms. The number of rotatable bonds is 13. The Labute approximate surface area is 751 Å². The highest BCUT2D eigenvalue weighted by atomic mass is 31.2. The van der Waals surface area contributed by atoms with Gasteiger partial charge in [-0.1, -0.05) is 449 Å². The average Bonchev–Trinajstić information content (AvgIpc) is 0.735. The normalized spacial score (nSPS) is 12.1. The lowest BCUT2D eigenvalue weighted by molar-refractivity contribution is 0.591. The van der Waals surface area contributed by atoms with Crippen LogP contribution in [0.15, 0.2) is 479 Å². The van der Waals surface area contributed by atoms with Crippen molar-refractivity contribution >= 4 is 210 Å². The van der Waals surface area contributed by atoms with Crippen molar-refractivity contribution in [3.8, 4) is 44.5 Å². The van der Waals surface area contributed by atoms with Crippen LogP contribution in [0.4, 0.5) is 0 Å².